The molecule has 4 rings (SSSR count). The Hall–Kier alpha value is -3.82. The monoisotopic (exact) mass is 523 g/mol. The molecule has 0 bridgehead atoms. The predicted octanol–water partition coefficient (Wildman–Crippen LogP) is 4.65. The molecule has 10 heteroatoms. The van der Waals surface area contributed by atoms with E-state index in [-0.39, 0.29) is 23.7 Å². The lowest BCUT2D eigenvalue weighted by atomic mass is 10.1. The van der Waals surface area contributed by atoms with Gasteiger partial charge >= 0.3 is 6.03 Å². The number of aromatic nitrogens is 1. The summed E-state index contributed by atoms with van der Waals surface area (Å²) in [6.07, 6.45) is 3.42. The van der Waals surface area contributed by atoms with Crippen molar-refractivity contribution in [1.82, 2.24) is 20.9 Å². The number of rotatable bonds is 8. The van der Waals surface area contributed by atoms with Crippen molar-refractivity contribution < 1.29 is 19.1 Å². The Balaban J connectivity index is 1.33. The second-order valence-electron chi connectivity index (χ2n) is 8.67. The average Bonchev–Trinajstić information content (AvgIpc) is 2.91. The number of urea groups is 1. The highest BCUT2D eigenvalue weighted by Crippen LogP contribution is 2.33. The average molecular weight is 524 g/mol. The minimum absolute atomic E-state index is 0.0914. The number of amides is 3. The van der Waals surface area contributed by atoms with E-state index in [1.807, 2.05) is 25.1 Å². The summed E-state index contributed by atoms with van der Waals surface area (Å²) in [5.41, 5.74) is 2.57. The molecule has 0 unspecified atom stereocenters. The lowest BCUT2D eigenvalue weighted by Gasteiger charge is -2.25. The van der Waals surface area contributed by atoms with Gasteiger partial charge in [0.05, 0.1) is 5.69 Å². The summed E-state index contributed by atoms with van der Waals surface area (Å²) < 4.78 is 12.0. The topological polar surface area (TPSA) is 114 Å². The van der Waals surface area contributed by atoms with Crippen LogP contribution in [0.4, 0.5) is 10.5 Å². The number of piperidine rings is 1. The van der Waals surface area contributed by atoms with Crippen LogP contribution in [-0.2, 0) is 6.54 Å². The minimum Gasteiger partial charge on any atom is -0.488 e. The lowest BCUT2D eigenvalue weighted by molar-refractivity contribution is 0.0957. The van der Waals surface area contributed by atoms with Crippen molar-refractivity contribution in [3.63, 3.8) is 0 Å². The highest BCUT2D eigenvalue weighted by atomic mass is 35.5. The lowest BCUT2D eigenvalue weighted by Crippen LogP contribution is -2.34. The van der Waals surface area contributed by atoms with Crippen molar-refractivity contribution in [3.8, 4) is 17.2 Å². The number of carbonyl (C=O) groups excluding carboxylic acids is 2. The summed E-state index contributed by atoms with van der Waals surface area (Å²) in [6.45, 7) is 4.03. The maximum absolute atomic E-state index is 12.7. The van der Waals surface area contributed by atoms with E-state index in [9.17, 15) is 9.59 Å². The maximum atomic E-state index is 12.7. The third-order valence-corrected chi connectivity index (χ3v) is 6.30. The van der Waals surface area contributed by atoms with Crippen LogP contribution in [0, 0.1) is 6.92 Å². The number of nitrogens with one attached hydrogen (secondary N) is 4. The van der Waals surface area contributed by atoms with Crippen molar-refractivity contribution in [1.29, 1.82) is 0 Å². The molecule has 1 fully saturated rings. The van der Waals surface area contributed by atoms with Crippen LogP contribution < -0.4 is 30.7 Å². The van der Waals surface area contributed by atoms with E-state index >= 15 is 0 Å². The number of carbonyl (C=O) groups is 2. The van der Waals surface area contributed by atoms with Gasteiger partial charge < -0.3 is 30.7 Å². The van der Waals surface area contributed by atoms with Crippen molar-refractivity contribution in [2.45, 2.75) is 32.4 Å². The van der Waals surface area contributed by atoms with E-state index < -0.39 is 0 Å². The predicted molar refractivity (Wildman–Crippen MR) is 143 cm³/mol. The molecule has 9 nitrogen and oxygen atoms in total. The van der Waals surface area contributed by atoms with Gasteiger partial charge in [-0.15, -0.1) is 0 Å². The van der Waals surface area contributed by atoms with Crippen LogP contribution in [0.25, 0.3) is 0 Å². The molecule has 1 saturated heterocycles. The van der Waals surface area contributed by atoms with Gasteiger partial charge in [-0.25, -0.2) is 4.79 Å². The molecule has 194 valence electrons. The Morgan fingerprint density at radius 1 is 1.08 bits per heavy atom. The summed E-state index contributed by atoms with van der Waals surface area (Å²) in [5, 5.41) is 12.1. The molecule has 1 aliphatic rings. The van der Waals surface area contributed by atoms with Crippen molar-refractivity contribution in [3.05, 3.63) is 76.6 Å². The van der Waals surface area contributed by atoms with Gasteiger partial charge in [0.1, 0.15) is 29.0 Å². The smallest absolute Gasteiger partial charge is 0.319 e. The number of aryl methyl sites for hydroxylation is 1. The molecule has 0 saturated carbocycles. The number of nitrogens with zero attached hydrogens (tertiary/aromatic N) is 1. The number of pyridine rings is 1. The first kappa shape index (κ1) is 26.2. The Bertz CT molecular complexity index is 1250. The molecule has 37 heavy (non-hydrogen) atoms. The number of halogens is 1. The third-order valence-electron chi connectivity index (χ3n) is 5.89. The van der Waals surface area contributed by atoms with Crippen LogP contribution in [0.1, 0.15) is 34.5 Å². The molecule has 2 heterocycles. The molecular weight excluding hydrogens is 494 g/mol. The summed E-state index contributed by atoms with van der Waals surface area (Å²) in [4.78, 5) is 28.4. The molecular formula is C27H30ClN5O4. The molecule has 1 aromatic heterocycles. The number of ether oxygens (including phenoxy) is 2. The van der Waals surface area contributed by atoms with E-state index in [0.29, 0.717) is 34.5 Å². The Morgan fingerprint density at radius 3 is 2.57 bits per heavy atom. The minimum atomic E-state index is -0.367. The van der Waals surface area contributed by atoms with Gasteiger partial charge in [-0.2, -0.15) is 0 Å². The zero-order valence-electron chi connectivity index (χ0n) is 20.8. The van der Waals surface area contributed by atoms with Gasteiger partial charge in [-0.05, 0) is 74.3 Å². The summed E-state index contributed by atoms with van der Waals surface area (Å²) in [5.74, 6) is 1.42. The van der Waals surface area contributed by atoms with Crippen LogP contribution in [0.15, 0.2) is 54.7 Å². The zero-order chi connectivity index (χ0) is 26.2. The Kier molecular flexibility index (Phi) is 8.81. The molecule has 0 atom stereocenters. The fraction of sp³-hybridized carbons (Fsp3) is 0.296. The maximum Gasteiger partial charge on any atom is 0.319 e. The van der Waals surface area contributed by atoms with Crippen LogP contribution in [-0.4, -0.2) is 43.2 Å². The Labute approximate surface area is 220 Å². The fourth-order valence-corrected chi connectivity index (χ4v) is 3.99. The Morgan fingerprint density at radius 2 is 1.84 bits per heavy atom. The number of hydrogen-bond acceptors (Lipinski definition) is 6. The molecule has 3 amide bonds. The number of hydrogen-bond donors (Lipinski definition) is 4. The van der Waals surface area contributed by atoms with Gasteiger partial charge in [0.15, 0.2) is 0 Å². The van der Waals surface area contributed by atoms with Gasteiger partial charge in [-0.1, -0.05) is 23.7 Å². The second kappa shape index (κ2) is 12.4. The third kappa shape index (κ3) is 7.34. The largest absolute Gasteiger partial charge is 0.488 e. The highest BCUT2D eigenvalue weighted by molar-refractivity contribution is 6.31. The number of anilines is 1. The van der Waals surface area contributed by atoms with E-state index in [4.69, 9.17) is 21.1 Å². The molecule has 0 aliphatic carbocycles. The molecule has 1 aliphatic heterocycles. The van der Waals surface area contributed by atoms with Crippen molar-refractivity contribution in [2.24, 2.45) is 0 Å². The zero-order valence-corrected chi connectivity index (χ0v) is 21.5. The molecule has 2 aromatic carbocycles. The quantitative estimate of drug-likeness (QED) is 0.342. The van der Waals surface area contributed by atoms with Gasteiger partial charge in [0.2, 0.25) is 0 Å². The number of benzene rings is 2. The molecule has 3 aromatic rings. The normalized spacial score (nSPS) is 13.5. The van der Waals surface area contributed by atoms with Crippen molar-refractivity contribution in [2.75, 3.05) is 25.5 Å². The summed E-state index contributed by atoms with van der Waals surface area (Å²) >= 11 is 6.32. The van der Waals surface area contributed by atoms with Crippen molar-refractivity contribution >= 4 is 29.2 Å². The van der Waals surface area contributed by atoms with E-state index in [1.165, 1.54) is 6.20 Å². The summed E-state index contributed by atoms with van der Waals surface area (Å²) in [6, 6.07) is 13.7. The first-order chi connectivity index (χ1) is 17.9. The van der Waals surface area contributed by atoms with E-state index in [0.717, 1.165) is 37.1 Å². The van der Waals surface area contributed by atoms with Crippen LogP contribution in [0.2, 0.25) is 5.02 Å². The first-order valence-corrected chi connectivity index (χ1v) is 12.5. The van der Waals surface area contributed by atoms with Gasteiger partial charge in [0.25, 0.3) is 5.91 Å². The van der Waals surface area contributed by atoms with Gasteiger partial charge in [0, 0.05) is 30.9 Å². The van der Waals surface area contributed by atoms with Crippen LogP contribution in [0.5, 0.6) is 17.2 Å². The van der Waals surface area contributed by atoms with E-state index in [2.05, 4.69) is 26.3 Å². The molecule has 4 N–H and O–H groups in total. The molecule has 0 spiro atoms. The molecule has 0 radical (unpaired) electrons. The standard InChI is InChI=1S/C27H30ClN5O4/c1-17-13-25(37-20-7-10-30-11-8-20)23(15-22(17)28)33-27(35)32-16-18-3-5-19(6-4-18)36-21-9-12-31-24(14-21)26(34)29-2/h3-6,9,12-15,20,30H,7-8,10-11,16H2,1-2H3,(H,29,34)(H2,32,33,35). The second-order valence-corrected chi connectivity index (χ2v) is 9.08. The first-order valence-electron chi connectivity index (χ1n) is 12.1. The SMILES string of the molecule is CNC(=O)c1cc(Oc2ccc(CNC(=O)Nc3cc(Cl)c(C)cc3OC3CCNCC3)cc2)ccn1. The van der Waals surface area contributed by atoms with E-state index in [1.54, 1.807) is 37.4 Å². The fourth-order valence-electron chi connectivity index (χ4n) is 3.83. The van der Waals surface area contributed by atoms with Crippen LogP contribution >= 0.6 is 11.6 Å². The van der Waals surface area contributed by atoms with Crippen LogP contribution in [0.3, 0.4) is 0 Å². The highest BCUT2D eigenvalue weighted by Gasteiger charge is 2.18. The summed E-state index contributed by atoms with van der Waals surface area (Å²) in [7, 11) is 1.54. The van der Waals surface area contributed by atoms with Gasteiger partial charge in [-0.3, -0.25) is 9.78 Å².